The van der Waals surface area contributed by atoms with E-state index in [-0.39, 0.29) is 5.82 Å². The van der Waals surface area contributed by atoms with Gasteiger partial charge >= 0.3 is 6.18 Å². The summed E-state index contributed by atoms with van der Waals surface area (Å²) < 4.78 is 36.9. The third-order valence-corrected chi connectivity index (χ3v) is 1.37. The highest BCUT2D eigenvalue weighted by Crippen LogP contribution is 2.29. The lowest BCUT2D eigenvalue weighted by Gasteiger charge is -2.14. The normalized spacial score (nSPS) is 11.9. The summed E-state index contributed by atoms with van der Waals surface area (Å²) in [7, 11) is 3.23. The molecule has 0 fully saturated rings. The Bertz CT molecular complexity index is 349. The molecule has 0 aliphatic carbocycles. The van der Waals surface area contributed by atoms with E-state index in [1.165, 1.54) is 5.01 Å². The van der Waals surface area contributed by atoms with E-state index in [4.69, 9.17) is 5.73 Å². The minimum absolute atomic E-state index is 0.000162. The Hall–Kier alpha value is -1.57. The summed E-state index contributed by atoms with van der Waals surface area (Å²) in [6, 6.07) is 0.788. The van der Waals surface area contributed by atoms with E-state index in [1.807, 2.05) is 0 Å². The first-order chi connectivity index (χ1) is 6.79. The van der Waals surface area contributed by atoms with Crippen molar-refractivity contribution in [2.75, 3.05) is 25.3 Å². The maximum Gasteiger partial charge on any atom is 0.433 e. The summed E-state index contributed by atoms with van der Waals surface area (Å²) >= 11 is 0. The highest BCUT2D eigenvalue weighted by Gasteiger charge is 2.33. The van der Waals surface area contributed by atoms with Crippen LogP contribution in [0.2, 0.25) is 0 Å². The number of hydrazine groups is 1. The Morgan fingerprint density at radius 2 is 1.93 bits per heavy atom. The number of nitrogens with one attached hydrogen (secondary N) is 1. The molecule has 3 N–H and O–H groups in total. The number of halogens is 3. The van der Waals surface area contributed by atoms with Crippen molar-refractivity contribution < 1.29 is 13.2 Å². The van der Waals surface area contributed by atoms with Gasteiger partial charge in [-0.25, -0.2) is 9.99 Å². The smallest absolute Gasteiger partial charge is 0.368 e. The standard InChI is InChI=1S/C7H10F3N5/c1-15(2)14-5-3-4(7(8,9)10)12-6(11)13-5/h3H,1-2H3,(H3,11,12,13,14). The molecule has 15 heavy (non-hydrogen) atoms. The van der Waals surface area contributed by atoms with Crippen LogP contribution in [-0.4, -0.2) is 29.1 Å². The molecule has 0 radical (unpaired) electrons. The number of anilines is 2. The maximum absolute atomic E-state index is 12.3. The van der Waals surface area contributed by atoms with Crippen LogP contribution in [0.1, 0.15) is 5.69 Å². The second-order valence-electron chi connectivity index (χ2n) is 3.00. The van der Waals surface area contributed by atoms with E-state index in [0.29, 0.717) is 0 Å². The Morgan fingerprint density at radius 1 is 1.33 bits per heavy atom. The van der Waals surface area contributed by atoms with Crippen molar-refractivity contribution in [1.82, 2.24) is 15.0 Å². The van der Waals surface area contributed by atoms with E-state index in [1.54, 1.807) is 14.1 Å². The highest BCUT2D eigenvalue weighted by molar-refractivity contribution is 5.40. The molecule has 0 aliphatic heterocycles. The molecule has 0 amide bonds. The van der Waals surface area contributed by atoms with Crippen LogP contribution in [0, 0.1) is 0 Å². The topological polar surface area (TPSA) is 67.1 Å². The second kappa shape index (κ2) is 3.89. The van der Waals surface area contributed by atoms with Crippen LogP contribution in [0.5, 0.6) is 0 Å². The monoisotopic (exact) mass is 221 g/mol. The molecule has 1 aromatic rings. The van der Waals surface area contributed by atoms with Crippen molar-refractivity contribution >= 4 is 11.8 Å². The van der Waals surface area contributed by atoms with Crippen molar-refractivity contribution in [3.05, 3.63) is 11.8 Å². The number of nitrogen functional groups attached to an aromatic ring is 1. The summed E-state index contributed by atoms with van der Waals surface area (Å²) in [6.07, 6.45) is -4.53. The number of alkyl halides is 3. The van der Waals surface area contributed by atoms with E-state index < -0.39 is 17.8 Å². The summed E-state index contributed by atoms with van der Waals surface area (Å²) in [6.45, 7) is 0. The lowest BCUT2D eigenvalue weighted by Crippen LogP contribution is -2.22. The van der Waals surface area contributed by atoms with Gasteiger partial charge < -0.3 is 11.2 Å². The molecule has 0 bridgehead atoms. The fraction of sp³-hybridized carbons (Fsp3) is 0.429. The molecule has 0 aliphatic rings. The molecule has 0 atom stereocenters. The van der Waals surface area contributed by atoms with Crippen LogP contribution in [0.3, 0.4) is 0 Å². The van der Waals surface area contributed by atoms with Gasteiger partial charge in [-0.1, -0.05) is 0 Å². The van der Waals surface area contributed by atoms with Crippen LogP contribution in [-0.2, 0) is 6.18 Å². The van der Waals surface area contributed by atoms with Crippen LogP contribution >= 0.6 is 0 Å². The molecule has 0 spiro atoms. The molecule has 5 nitrogen and oxygen atoms in total. The van der Waals surface area contributed by atoms with Gasteiger partial charge in [0.2, 0.25) is 5.95 Å². The molecule has 1 heterocycles. The zero-order valence-corrected chi connectivity index (χ0v) is 8.13. The first-order valence-electron chi connectivity index (χ1n) is 3.95. The lowest BCUT2D eigenvalue weighted by atomic mass is 10.4. The van der Waals surface area contributed by atoms with Crippen LogP contribution < -0.4 is 11.2 Å². The number of nitrogens with two attached hydrogens (primary N) is 1. The summed E-state index contributed by atoms with van der Waals surface area (Å²) in [5.41, 5.74) is 6.64. The third-order valence-electron chi connectivity index (χ3n) is 1.37. The third kappa shape index (κ3) is 3.24. The van der Waals surface area contributed by atoms with Gasteiger partial charge in [-0.05, 0) is 0 Å². The summed E-state index contributed by atoms with van der Waals surface area (Å²) in [5, 5.41) is 1.45. The molecule has 1 rings (SSSR count). The second-order valence-corrected chi connectivity index (χ2v) is 3.00. The minimum atomic E-state index is -4.53. The van der Waals surface area contributed by atoms with Gasteiger partial charge in [-0.15, -0.1) is 0 Å². The van der Waals surface area contributed by atoms with Crippen LogP contribution in [0.4, 0.5) is 24.9 Å². The maximum atomic E-state index is 12.3. The molecule has 0 saturated heterocycles. The largest absolute Gasteiger partial charge is 0.433 e. The lowest BCUT2D eigenvalue weighted by molar-refractivity contribution is -0.141. The zero-order valence-electron chi connectivity index (χ0n) is 8.13. The number of hydrogen-bond acceptors (Lipinski definition) is 5. The van der Waals surface area contributed by atoms with Gasteiger partial charge in [-0.3, -0.25) is 0 Å². The predicted molar refractivity (Wildman–Crippen MR) is 48.8 cm³/mol. The Morgan fingerprint density at radius 3 is 2.40 bits per heavy atom. The molecule has 1 aromatic heterocycles. The fourth-order valence-corrected chi connectivity index (χ4v) is 0.897. The summed E-state index contributed by atoms with van der Waals surface area (Å²) in [5.74, 6) is -0.422. The van der Waals surface area contributed by atoms with Crippen LogP contribution in [0.25, 0.3) is 0 Å². The average molecular weight is 221 g/mol. The van der Waals surface area contributed by atoms with Crippen molar-refractivity contribution in [2.45, 2.75) is 6.18 Å². The average Bonchev–Trinajstić information content (AvgIpc) is 1.99. The Balaban J connectivity index is 3.06. The molecule has 84 valence electrons. The Labute approximate surface area is 84.1 Å². The van der Waals surface area contributed by atoms with E-state index in [2.05, 4.69) is 15.4 Å². The fourth-order valence-electron chi connectivity index (χ4n) is 0.897. The van der Waals surface area contributed by atoms with Crippen molar-refractivity contribution in [3.8, 4) is 0 Å². The molecule has 8 heteroatoms. The quantitative estimate of drug-likeness (QED) is 0.728. The number of hydrogen-bond donors (Lipinski definition) is 2. The first-order valence-corrected chi connectivity index (χ1v) is 3.95. The number of aromatic nitrogens is 2. The van der Waals surface area contributed by atoms with E-state index in [0.717, 1.165) is 6.07 Å². The molecule has 0 aromatic carbocycles. The molecule has 0 saturated carbocycles. The van der Waals surface area contributed by atoms with Gasteiger partial charge in [0, 0.05) is 20.2 Å². The zero-order chi connectivity index (χ0) is 11.6. The molecular formula is C7H10F3N5. The predicted octanol–water partition coefficient (Wildman–Crippen LogP) is 0.966. The first kappa shape index (κ1) is 11.5. The highest BCUT2D eigenvalue weighted by atomic mass is 19.4. The van der Waals surface area contributed by atoms with Gasteiger partial charge in [-0.2, -0.15) is 18.2 Å². The van der Waals surface area contributed by atoms with Gasteiger partial charge in [0.05, 0.1) is 0 Å². The van der Waals surface area contributed by atoms with Crippen LogP contribution in [0.15, 0.2) is 6.07 Å². The molecular weight excluding hydrogens is 211 g/mol. The molecule has 0 unspecified atom stereocenters. The SMILES string of the molecule is CN(C)Nc1cc(C(F)(F)F)nc(N)n1. The minimum Gasteiger partial charge on any atom is -0.368 e. The van der Waals surface area contributed by atoms with Crippen molar-refractivity contribution in [1.29, 1.82) is 0 Å². The van der Waals surface area contributed by atoms with Gasteiger partial charge in [0.25, 0.3) is 0 Å². The Kier molecular flexibility index (Phi) is 2.98. The van der Waals surface area contributed by atoms with Gasteiger partial charge in [0.1, 0.15) is 5.82 Å². The van der Waals surface area contributed by atoms with Crippen molar-refractivity contribution in [2.24, 2.45) is 0 Å². The van der Waals surface area contributed by atoms with Crippen molar-refractivity contribution in [3.63, 3.8) is 0 Å². The summed E-state index contributed by atoms with van der Waals surface area (Å²) in [4.78, 5) is 6.70. The van der Waals surface area contributed by atoms with Gasteiger partial charge in [0.15, 0.2) is 5.69 Å². The number of rotatable bonds is 2. The number of nitrogens with zero attached hydrogens (tertiary/aromatic N) is 3. The van der Waals surface area contributed by atoms with E-state index >= 15 is 0 Å². The van der Waals surface area contributed by atoms with E-state index in [9.17, 15) is 13.2 Å².